The molecule has 1 aliphatic carbocycles. The SMILES string of the molecule is CN=C(NCCn1cccn1)NC1CCC(C(C)C)CC1.I. The van der Waals surface area contributed by atoms with E-state index in [1.807, 2.05) is 24.0 Å². The molecule has 2 N–H and O–H groups in total. The van der Waals surface area contributed by atoms with Gasteiger partial charge in [0.25, 0.3) is 0 Å². The summed E-state index contributed by atoms with van der Waals surface area (Å²) in [5, 5.41) is 11.1. The Labute approximate surface area is 151 Å². The summed E-state index contributed by atoms with van der Waals surface area (Å²) in [6.45, 7) is 6.37. The lowest BCUT2D eigenvalue weighted by Crippen LogP contribution is -2.45. The number of guanidine groups is 1. The van der Waals surface area contributed by atoms with Crippen molar-refractivity contribution in [2.45, 2.75) is 52.1 Å². The molecule has 1 heterocycles. The molecule has 5 nitrogen and oxygen atoms in total. The van der Waals surface area contributed by atoms with Gasteiger partial charge in [0.05, 0.1) is 6.54 Å². The van der Waals surface area contributed by atoms with Gasteiger partial charge in [-0.15, -0.1) is 24.0 Å². The highest BCUT2D eigenvalue weighted by atomic mass is 127. The standard InChI is InChI=1S/C16H29N5.HI/c1-13(2)14-5-7-15(8-6-14)20-16(17-3)18-10-12-21-11-4-9-19-21;/h4,9,11,13-15H,5-8,10,12H2,1-3H3,(H2,17,18,20);1H. The van der Waals surface area contributed by atoms with Gasteiger partial charge in [0, 0.05) is 32.0 Å². The summed E-state index contributed by atoms with van der Waals surface area (Å²) in [4.78, 5) is 4.32. The summed E-state index contributed by atoms with van der Waals surface area (Å²) in [7, 11) is 1.84. The number of aliphatic imine (C=N–C) groups is 1. The Hall–Kier alpha value is -0.790. The number of rotatable bonds is 5. The molecule has 0 radical (unpaired) electrons. The van der Waals surface area contributed by atoms with Crippen LogP contribution >= 0.6 is 24.0 Å². The summed E-state index contributed by atoms with van der Waals surface area (Å²) in [6, 6.07) is 2.51. The molecule has 0 aliphatic heterocycles. The van der Waals surface area contributed by atoms with Gasteiger partial charge >= 0.3 is 0 Å². The Balaban J connectivity index is 0.00000242. The predicted octanol–water partition coefficient (Wildman–Crippen LogP) is 2.88. The molecule has 126 valence electrons. The van der Waals surface area contributed by atoms with Crippen molar-refractivity contribution in [3.05, 3.63) is 18.5 Å². The fraction of sp³-hybridized carbons (Fsp3) is 0.750. The Morgan fingerprint density at radius 2 is 2.05 bits per heavy atom. The molecule has 0 amide bonds. The summed E-state index contributed by atoms with van der Waals surface area (Å²) in [5.74, 6) is 2.63. The number of hydrogen-bond acceptors (Lipinski definition) is 2. The van der Waals surface area contributed by atoms with Crippen LogP contribution in [0.3, 0.4) is 0 Å². The van der Waals surface area contributed by atoms with Crippen LogP contribution in [0.4, 0.5) is 0 Å². The van der Waals surface area contributed by atoms with E-state index in [9.17, 15) is 0 Å². The van der Waals surface area contributed by atoms with Gasteiger partial charge in [-0.1, -0.05) is 13.8 Å². The maximum atomic E-state index is 4.32. The Kier molecular flexibility index (Phi) is 8.82. The lowest BCUT2D eigenvalue weighted by Gasteiger charge is -2.32. The molecule has 0 atom stereocenters. The molecular formula is C16H30IN5. The molecule has 0 aromatic carbocycles. The van der Waals surface area contributed by atoms with Crippen LogP contribution in [0.1, 0.15) is 39.5 Å². The van der Waals surface area contributed by atoms with Gasteiger partial charge < -0.3 is 10.6 Å². The van der Waals surface area contributed by atoms with Crippen molar-refractivity contribution in [2.24, 2.45) is 16.8 Å². The van der Waals surface area contributed by atoms with Crippen LogP contribution in [-0.2, 0) is 6.54 Å². The first-order valence-electron chi connectivity index (χ1n) is 8.13. The third-order valence-electron chi connectivity index (χ3n) is 4.47. The molecule has 1 saturated carbocycles. The second kappa shape index (κ2) is 10.1. The second-order valence-corrected chi connectivity index (χ2v) is 6.27. The van der Waals surface area contributed by atoms with E-state index in [2.05, 4.69) is 34.6 Å². The third-order valence-corrected chi connectivity index (χ3v) is 4.47. The molecule has 1 aliphatic rings. The zero-order chi connectivity index (χ0) is 15.1. The monoisotopic (exact) mass is 419 g/mol. The fourth-order valence-electron chi connectivity index (χ4n) is 3.04. The molecule has 22 heavy (non-hydrogen) atoms. The first-order valence-corrected chi connectivity index (χ1v) is 8.13. The second-order valence-electron chi connectivity index (χ2n) is 6.27. The Morgan fingerprint density at radius 1 is 1.32 bits per heavy atom. The van der Waals surface area contributed by atoms with Crippen molar-refractivity contribution in [3.8, 4) is 0 Å². The van der Waals surface area contributed by atoms with E-state index in [0.29, 0.717) is 6.04 Å². The zero-order valence-electron chi connectivity index (χ0n) is 14.0. The topological polar surface area (TPSA) is 54.2 Å². The lowest BCUT2D eigenvalue weighted by atomic mass is 9.80. The molecule has 1 aromatic rings. The van der Waals surface area contributed by atoms with Crippen molar-refractivity contribution in [2.75, 3.05) is 13.6 Å². The minimum absolute atomic E-state index is 0. The van der Waals surface area contributed by atoms with E-state index in [4.69, 9.17) is 0 Å². The normalized spacial score (nSPS) is 22.3. The molecule has 2 rings (SSSR count). The number of aromatic nitrogens is 2. The quantitative estimate of drug-likeness (QED) is 0.439. The highest BCUT2D eigenvalue weighted by Crippen LogP contribution is 2.29. The third kappa shape index (κ3) is 6.14. The smallest absolute Gasteiger partial charge is 0.191 e. The molecule has 1 fully saturated rings. The van der Waals surface area contributed by atoms with Crippen LogP contribution in [0.25, 0.3) is 0 Å². The fourth-order valence-corrected chi connectivity index (χ4v) is 3.04. The van der Waals surface area contributed by atoms with Gasteiger partial charge in [-0.2, -0.15) is 5.10 Å². The molecule has 0 saturated heterocycles. The first kappa shape index (κ1) is 19.3. The van der Waals surface area contributed by atoms with Gasteiger partial charge in [-0.25, -0.2) is 0 Å². The van der Waals surface area contributed by atoms with Gasteiger partial charge in [0.1, 0.15) is 0 Å². The van der Waals surface area contributed by atoms with Crippen LogP contribution in [0.2, 0.25) is 0 Å². The molecule has 0 unspecified atom stereocenters. The van der Waals surface area contributed by atoms with E-state index in [-0.39, 0.29) is 24.0 Å². The van der Waals surface area contributed by atoms with E-state index < -0.39 is 0 Å². The zero-order valence-corrected chi connectivity index (χ0v) is 16.3. The molecule has 1 aromatic heterocycles. The van der Waals surface area contributed by atoms with Crippen molar-refractivity contribution in [1.82, 2.24) is 20.4 Å². The molecule has 0 bridgehead atoms. The van der Waals surface area contributed by atoms with Gasteiger partial charge in [0.2, 0.25) is 0 Å². The van der Waals surface area contributed by atoms with E-state index in [0.717, 1.165) is 30.9 Å². The van der Waals surface area contributed by atoms with Gasteiger partial charge in [0.15, 0.2) is 5.96 Å². The lowest BCUT2D eigenvalue weighted by molar-refractivity contribution is 0.250. The minimum atomic E-state index is 0. The van der Waals surface area contributed by atoms with E-state index in [1.54, 1.807) is 6.20 Å². The summed E-state index contributed by atoms with van der Waals surface area (Å²) >= 11 is 0. The van der Waals surface area contributed by atoms with Crippen LogP contribution in [0.15, 0.2) is 23.5 Å². The van der Waals surface area contributed by atoms with E-state index >= 15 is 0 Å². The molecule has 6 heteroatoms. The van der Waals surface area contributed by atoms with Gasteiger partial charge in [-0.3, -0.25) is 9.67 Å². The summed E-state index contributed by atoms with van der Waals surface area (Å²) < 4.78 is 1.92. The highest BCUT2D eigenvalue weighted by molar-refractivity contribution is 14.0. The largest absolute Gasteiger partial charge is 0.355 e. The van der Waals surface area contributed by atoms with Crippen LogP contribution in [-0.4, -0.2) is 35.4 Å². The maximum Gasteiger partial charge on any atom is 0.191 e. The summed E-state index contributed by atoms with van der Waals surface area (Å²) in [6.07, 6.45) is 8.95. The first-order chi connectivity index (χ1) is 10.2. The van der Waals surface area contributed by atoms with Crippen molar-refractivity contribution < 1.29 is 0 Å². The van der Waals surface area contributed by atoms with Crippen LogP contribution in [0.5, 0.6) is 0 Å². The minimum Gasteiger partial charge on any atom is -0.355 e. The maximum absolute atomic E-state index is 4.32. The highest BCUT2D eigenvalue weighted by Gasteiger charge is 2.23. The number of halogens is 1. The van der Waals surface area contributed by atoms with Crippen molar-refractivity contribution in [3.63, 3.8) is 0 Å². The van der Waals surface area contributed by atoms with E-state index in [1.165, 1.54) is 25.7 Å². The van der Waals surface area contributed by atoms with Crippen molar-refractivity contribution in [1.29, 1.82) is 0 Å². The number of hydrogen-bond donors (Lipinski definition) is 2. The predicted molar refractivity (Wildman–Crippen MR) is 103 cm³/mol. The van der Waals surface area contributed by atoms with Crippen LogP contribution in [0, 0.1) is 11.8 Å². The van der Waals surface area contributed by atoms with Crippen LogP contribution < -0.4 is 10.6 Å². The molecule has 0 spiro atoms. The van der Waals surface area contributed by atoms with Crippen molar-refractivity contribution >= 4 is 29.9 Å². The number of nitrogens with one attached hydrogen (secondary N) is 2. The Morgan fingerprint density at radius 3 is 2.59 bits per heavy atom. The average Bonchev–Trinajstić information content (AvgIpc) is 3.00. The summed E-state index contributed by atoms with van der Waals surface area (Å²) in [5.41, 5.74) is 0. The Bertz CT molecular complexity index is 422. The van der Waals surface area contributed by atoms with Gasteiger partial charge in [-0.05, 0) is 43.6 Å². The number of nitrogens with zero attached hydrogens (tertiary/aromatic N) is 3. The molecular weight excluding hydrogens is 389 g/mol. The average molecular weight is 419 g/mol.